The highest BCUT2D eigenvalue weighted by Gasteiger charge is 2.23. The van der Waals surface area contributed by atoms with Gasteiger partial charge in [0.2, 0.25) is 0 Å². The number of fused-ring (bicyclic) bond motifs is 1. The molecule has 0 radical (unpaired) electrons. The fourth-order valence-corrected chi connectivity index (χ4v) is 2.45. The first-order valence-corrected chi connectivity index (χ1v) is 7.10. The van der Waals surface area contributed by atoms with Crippen LogP contribution >= 0.6 is 0 Å². The van der Waals surface area contributed by atoms with E-state index < -0.39 is 0 Å². The Morgan fingerprint density at radius 1 is 1.05 bits per heavy atom. The molecule has 21 heavy (non-hydrogen) atoms. The van der Waals surface area contributed by atoms with Crippen LogP contribution in [0.2, 0.25) is 0 Å². The Kier molecular flexibility index (Phi) is 4.05. The summed E-state index contributed by atoms with van der Waals surface area (Å²) in [5, 5.41) is 5.76. The lowest BCUT2D eigenvalue weighted by atomic mass is 10.0. The zero-order chi connectivity index (χ0) is 14.5. The monoisotopic (exact) mass is 282 g/mol. The van der Waals surface area contributed by atoms with Crippen molar-refractivity contribution in [1.82, 2.24) is 10.6 Å². The fourth-order valence-electron chi connectivity index (χ4n) is 2.45. The van der Waals surface area contributed by atoms with Gasteiger partial charge in [0, 0.05) is 24.6 Å². The van der Waals surface area contributed by atoms with Crippen LogP contribution in [0.3, 0.4) is 0 Å². The van der Waals surface area contributed by atoms with Gasteiger partial charge in [-0.25, -0.2) is 4.79 Å². The minimum atomic E-state index is -0.150. The molecule has 0 fully saturated rings. The molecule has 2 aromatic rings. The Bertz CT molecular complexity index is 613. The van der Waals surface area contributed by atoms with Crippen molar-refractivity contribution in [2.45, 2.75) is 12.5 Å². The Balaban J connectivity index is 1.47. The lowest BCUT2D eigenvalue weighted by Crippen LogP contribution is -2.37. The molecule has 4 heteroatoms. The number of amides is 2. The average Bonchev–Trinajstić information content (AvgIpc) is 2.95. The molecule has 2 N–H and O–H groups in total. The minimum absolute atomic E-state index is 0.150. The van der Waals surface area contributed by atoms with Crippen molar-refractivity contribution in [3.05, 3.63) is 65.7 Å². The summed E-state index contributed by atoms with van der Waals surface area (Å²) in [4.78, 5) is 11.8. The summed E-state index contributed by atoms with van der Waals surface area (Å²) in [7, 11) is 0. The summed E-state index contributed by atoms with van der Waals surface area (Å²) in [5.41, 5.74) is 2.25. The number of hydrogen-bond donors (Lipinski definition) is 2. The van der Waals surface area contributed by atoms with Gasteiger partial charge in [0.05, 0.1) is 6.61 Å². The smallest absolute Gasteiger partial charge is 0.315 e. The maximum absolute atomic E-state index is 11.8. The summed E-state index contributed by atoms with van der Waals surface area (Å²) in [6.07, 6.45) is 0. The van der Waals surface area contributed by atoms with E-state index in [1.165, 1.54) is 5.56 Å². The Labute approximate surface area is 124 Å². The van der Waals surface area contributed by atoms with Crippen LogP contribution < -0.4 is 15.4 Å². The molecule has 1 aliphatic heterocycles. The van der Waals surface area contributed by atoms with Crippen molar-refractivity contribution < 1.29 is 9.53 Å². The lowest BCUT2D eigenvalue weighted by molar-refractivity contribution is 0.238. The highest BCUT2D eigenvalue weighted by Crippen LogP contribution is 2.32. The predicted molar refractivity (Wildman–Crippen MR) is 81.4 cm³/mol. The molecular formula is C17H18N2O2. The molecule has 1 atom stereocenters. The standard InChI is InChI=1S/C17H18N2O2/c20-17(18-10-13-6-2-1-3-7-13)19-11-14-12-21-16-9-5-4-8-15(14)16/h1-9,14H,10-12H2,(H2,18,19,20). The van der Waals surface area contributed by atoms with E-state index in [0.29, 0.717) is 19.7 Å². The first-order chi connectivity index (χ1) is 10.3. The molecule has 0 spiro atoms. The van der Waals surface area contributed by atoms with Crippen LogP contribution in [0.25, 0.3) is 0 Å². The third-order valence-corrected chi connectivity index (χ3v) is 3.60. The largest absolute Gasteiger partial charge is 0.493 e. The van der Waals surface area contributed by atoms with Gasteiger partial charge < -0.3 is 15.4 Å². The molecule has 0 aromatic heterocycles. The van der Waals surface area contributed by atoms with E-state index >= 15 is 0 Å². The van der Waals surface area contributed by atoms with Crippen LogP contribution in [-0.4, -0.2) is 19.2 Å². The maximum atomic E-state index is 11.8. The average molecular weight is 282 g/mol. The van der Waals surface area contributed by atoms with Crippen LogP contribution in [0.4, 0.5) is 4.79 Å². The number of carbonyl (C=O) groups is 1. The summed E-state index contributed by atoms with van der Waals surface area (Å²) in [6, 6.07) is 17.7. The van der Waals surface area contributed by atoms with E-state index in [1.807, 2.05) is 48.5 Å². The van der Waals surface area contributed by atoms with Crippen LogP contribution in [0.5, 0.6) is 5.75 Å². The van der Waals surface area contributed by atoms with Crippen LogP contribution in [0.15, 0.2) is 54.6 Å². The summed E-state index contributed by atoms with van der Waals surface area (Å²) in [6.45, 7) is 1.74. The number of carbonyl (C=O) groups excluding carboxylic acids is 1. The predicted octanol–water partition coefficient (Wildman–Crippen LogP) is 2.66. The molecule has 1 heterocycles. The molecule has 0 aliphatic carbocycles. The number of hydrogen-bond acceptors (Lipinski definition) is 2. The molecule has 0 saturated carbocycles. The van der Waals surface area contributed by atoms with Gasteiger partial charge in [-0.05, 0) is 11.6 Å². The summed E-state index contributed by atoms with van der Waals surface area (Å²) >= 11 is 0. The molecule has 2 amide bonds. The van der Waals surface area contributed by atoms with Crippen LogP contribution in [-0.2, 0) is 6.54 Å². The second-order valence-corrected chi connectivity index (χ2v) is 5.09. The van der Waals surface area contributed by atoms with E-state index in [4.69, 9.17) is 4.74 Å². The fraction of sp³-hybridized carbons (Fsp3) is 0.235. The highest BCUT2D eigenvalue weighted by molar-refractivity contribution is 5.73. The van der Waals surface area contributed by atoms with Gasteiger partial charge >= 0.3 is 6.03 Å². The molecule has 0 bridgehead atoms. The lowest BCUT2D eigenvalue weighted by Gasteiger charge is -2.11. The van der Waals surface area contributed by atoms with Crippen molar-refractivity contribution >= 4 is 6.03 Å². The zero-order valence-corrected chi connectivity index (χ0v) is 11.7. The first-order valence-electron chi connectivity index (χ1n) is 7.10. The molecule has 2 aromatic carbocycles. The molecule has 3 rings (SSSR count). The Hall–Kier alpha value is -2.49. The molecule has 4 nitrogen and oxygen atoms in total. The minimum Gasteiger partial charge on any atom is -0.493 e. The number of para-hydroxylation sites is 1. The van der Waals surface area contributed by atoms with Gasteiger partial charge in [0.15, 0.2) is 0 Å². The first kappa shape index (κ1) is 13.5. The maximum Gasteiger partial charge on any atom is 0.315 e. The van der Waals surface area contributed by atoms with Crippen molar-refractivity contribution in [2.75, 3.05) is 13.2 Å². The van der Waals surface area contributed by atoms with E-state index in [-0.39, 0.29) is 11.9 Å². The molecule has 1 aliphatic rings. The van der Waals surface area contributed by atoms with Crippen molar-refractivity contribution in [3.8, 4) is 5.75 Å². The normalized spacial score (nSPS) is 15.9. The second-order valence-electron chi connectivity index (χ2n) is 5.09. The quantitative estimate of drug-likeness (QED) is 0.905. The van der Waals surface area contributed by atoms with Crippen molar-refractivity contribution in [3.63, 3.8) is 0 Å². The summed E-state index contributed by atoms with van der Waals surface area (Å²) < 4.78 is 5.60. The van der Waals surface area contributed by atoms with Gasteiger partial charge in [0.1, 0.15) is 5.75 Å². The van der Waals surface area contributed by atoms with Crippen molar-refractivity contribution in [1.29, 1.82) is 0 Å². The summed E-state index contributed by atoms with van der Waals surface area (Å²) in [5.74, 6) is 1.15. The van der Waals surface area contributed by atoms with Gasteiger partial charge in [-0.15, -0.1) is 0 Å². The third kappa shape index (κ3) is 3.34. The molecule has 108 valence electrons. The zero-order valence-electron chi connectivity index (χ0n) is 11.7. The van der Waals surface area contributed by atoms with Gasteiger partial charge in [-0.1, -0.05) is 48.5 Å². The van der Waals surface area contributed by atoms with Crippen molar-refractivity contribution in [2.24, 2.45) is 0 Å². The molecular weight excluding hydrogens is 264 g/mol. The number of ether oxygens (including phenoxy) is 1. The van der Waals surface area contributed by atoms with E-state index in [0.717, 1.165) is 11.3 Å². The third-order valence-electron chi connectivity index (χ3n) is 3.60. The van der Waals surface area contributed by atoms with E-state index in [9.17, 15) is 4.79 Å². The Morgan fingerprint density at radius 2 is 1.81 bits per heavy atom. The number of urea groups is 1. The highest BCUT2D eigenvalue weighted by atomic mass is 16.5. The van der Waals surface area contributed by atoms with Gasteiger partial charge in [0.25, 0.3) is 0 Å². The molecule has 0 saturated heterocycles. The van der Waals surface area contributed by atoms with Gasteiger partial charge in [-0.2, -0.15) is 0 Å². The number of benzene rings is 2. The van der Waals surface area contributed by atoms with Crippen LogP contribution in [0, 0.1) is 0 Å². The van der Waals surface area contributed by atoms with E-state index in [1.54, 1.807) is 0 Å². The van der Waals surface area contributed by atoms with Crippen LogP contribution in [0.1, 0.15) is 17.0 Å². The Morgan fingerprint density at radius 3 is 2.67 bits per heavy atom. The number of rotatable bonds is 4. The van der Waals surface area contributed by atoms with E-state index in [2.05, 4.69) is 16.7 Å². The SMILES string of the molecule is O=C(NCc1ccccc1)NCC1COc2ccccc21. The van der Waals surface area contributed by atoms with Gasteiger partial charge in [-0.3, -0.25) is 0 Å². The molecule has 1 unspecified atom stereocenters. The number of nitrogens with one attached hydrogen (secondary N) is 2. The topological polar surface area (TPSA) is 50.4 Å². The second kappa shape index (κ2) is 6.31.